The van der Waals surface area contributed by atoms with E-state index in [1.165, 1.54) is 0 Å². The number of aromatic nitrogens is 1. The Kier molecular flexibility index (Phi) is 4.71. The average molecular weight is 348 g/mol. The van der Waals surface area contributed by atoms with Gasteiger partial charge in [0.05, 0.1) is 23.0 Å². The van der Waals surface area contributed by atoms with Gasteiger partial charge in [-0.1, -0.05) is 0 Å². The molecule has 7 nitrogen and oxygen atoms in total. The van der Waals surface area contributed by atoms with Crippen molar-refractivity contribution in [3.8, 4) is 6.07 Å². The van der Waals surface area contributed by atoms with E-state index in [-0.39, 0.29) is 23.5 Å². The summed E-state index contributed by atoms with van der Waals surface area (Å²) in [5, 5.41) is 12.1. The molecule has 2 fully saturated rings. The molecule has 1 amide bonds. The number of carbonyl (C=O) groups excluding carboxylic acids is 1. The summed E-state index contributed by atoms with van der Waals surface area (Å²) in [7, 11) is -3.04. The number of rotatable bonds is 3. The van der Waals surface area contributed by atoms with E-state index in [0.29, 0.717) is 30.9 Å². The molecule has 1 N–H and O–H groups in total. The maximum absolute atomic E-state index is 12.2. The number of amides is 1. The van der Waals surface area contributed by atoms with Crippen molar-refractivity contribution in [1.29, 1.82) is 5.26 Å². The molecule has 0 spiro atoms. The van der Waals surface area contributed by atoms with Crippen LogP contribution in [0.1, 0.15) is 24.8 Å². The summed E-state index contributed by atoms with van der Waals surface area (Å²) in [6.45, 7) is 1.42. The zero-order valence-corrected chi connectivity index (χ0v) is 14.1. The van der Waals surface area contributed by atoms with Crippen molar-refractivity contribution in [2.75, 3.05) is 29.5 Å². The average Bonchev–Trinajstić information content (AvgIpc) is 2.96. The highest BCUT2D eigenvalue weighted by atomic mass is 32.2. The molecule has 0 aliphatic carbocycles. The number of carbonyl (C=O) groups is 1. The van der Waals surface area contributed by atoms with E-state index in [0.717, 1.165) is 12.8 Å². The molecule has 1 aromatic heterocycles. The third kappa shape index (κ3) is 3.67. The van der Waals surface area contributed by atoms with E-state index in [4.69, 9.17) is 5.26 Å². The summed E-state index contributed by atoms with van der Waals surface area (Å²) < 4.78 is 23.0. The van der Waals surface area contributed by atoms with Gasteiger partial charge in [-0.15, -0.1) is 0 Å². The maximum Gasteiger partial charge on any atom is 0.224 e. The molecule has 2 aliphatic rings. The molecule has 0 aromatic carbocycles. The summed E-state index contributed by atoms with van der Waals surface area (Å²) in [6, 6.07) is 5.69. The molecule has 1 aromatic rings. The van der Waals surface area contributed by atoms with Gasteiger partial charge in [-0.05, 0) is 31.4 Å². The first-order valence-electron chi connectivity index (χ1n) is 8.09. The van der Waals surface area contributed by atoms with Gasteiger partial charge < -0.3 is 10.2 Å². The topological polar surface area (TPSA) is 103 Å². The van der Waals surface area contributed by atoms with Gasteiger partial charge in [0.1, 0.15) is 11.9 Å². The Bertz CT molecular complexity index is 764. The molecule has 0 bridgehead atoms. The van der Waals surface area contributed by atoms with Gasteiger partial charge in [-0.3, -0.25) is 4.79 Å². The van der Waals surface area contributed by atoms with E-state index in [1.54, 1.807) is 18.3 Å². The van der Waals surface area contributed by atoms with E-state index in [2.05, 4.69) is 21.3 Å². The van der Waals surface area contributed by atoms with Gasteiger partial charge in [0.25, 0.3) is 0 Å². The first-order valence-corrected chi connectivity index (χ1v) is 9.91. The number of hydrogen-bond donors (Lipinski definition) is 1. The Morgan fingerprint density at radius 1 is 1.33 bits per heavy atom. The third-order valence-corrected chi connectivity index (χ3v) is 6.42. The highest BCUT2D eigenvalue weighted by Gasteiger charge is 2.34. The largest absolute Gasteiger partial charge is 0.355 e. The predicted molar refractivity (Wildman–Crippen MR) is 89.1 cm³/mol. The number of nitrogens with zero attached hydrogens (tertiary/aromatic N) is 3. The van der Waals surface area contributed by atoms with Crippen LogP contribution in [-0.4, -0.2) is 49.9 Å². The number of nitriles is 1. The van der Waals surface area contributed by atoms with Gasteiger partial charge in [-0.2, -0.15) is 5.26 Å². The summed E-state index contributed by atoms with van der Waals surface area (Å²) >= 11 is 0. The van der Waals surface area contributed by atoms with Crippen LogP contribution in [0.4, 0.5) is 5.82 Å². The lowest BCUT2D eigenvalue weighted by Crippen LogP contribution is -2.46. The maximum atomic E-state index is 12.2. The van der Waals surface area contributed by atoms with E-state index < -0.39 is 15.8 Å². The second-order valence-corrected chi connectivity index (χ2v) is 8.58. The minimum Gasteiger partial charge on any atom is -0.355 e. The zero-order chi connectivity index (χ0) is 17.2. The van der Waals surface area contributed by atoms with Crippen LogP contribution in [0, 0.1) is 17.2 Å². The Morgan fingerprint density at radius 3 is 2.71 bits per heavy atom. The number of pyridine rings is 1. The minimum absolute atomic E-state index is 0.0306. The molecule has 0 radical (unpaired) electrons. The smallest absolute Gasteiger partial charge is 0.224 e. The second kappa shape index (κ2) is 6.77. The van der Waals surface area contributed by atoms with E-state index in [9.17, 15) is 13.2 Å². The molecule has 24 heavy (non-hydrogen) atoms. The lowest BCUT2D eigenvalue weighted by molar-refractivity contribution is -0.125. The highest BCUT2D eigenvalue weighted by molar-refractivity contribution is 7.91. The molecule has 128 valence electrons. The van der Waals surface area contributed by atoms with Crippen molar-refractivity contribution < 1.29 is 13.2 Å². The zero-order valence-electron chi connectivity index (χ0n) is 13.3. The van der Waals surface area contributed by atoms with E-state index in [1.807, 2.05) is 0 Å². The van der Waals surface area contributed by atoms with Crippen molar-refractivity contribution in [3.63, 3.8) is 0 Å². The molecule has 8 heteroatoms. The fourth-order valence-corrected chi connectivity index (χ4v) is 5.03. The molecule has 2 aliphatic heterocycles. The predicted octanol–water partition coefficient (Wildman–Crippen LogP) is 0.473. The van der Waals surface area contributed by atoms with Crippen molar-refractivity contribution in [2.45, 2.75) is 25.3 Å². The van der Waals surface area contributed by atoms with Crippen molar-refractivity contribution in [1.82, 2.24) is 10.3 Å². The lowest BCUT2D eigenvalue weighted by Gasteiger charge is -2.33. The Morgan fingerprint density at radius 2 is 2.08 bits per heavy atom. The van der Waals surface area contributed by atoms with Gasteiger partial charge >= 0.3 is 0 Å². The van der Waals surface area contributed by atoms with Gasteiger partial charge in [0.2, 0.25) is 5.91 Å². The Labute approximate surface area is 141 Å². The number of piperidine rings is 1. The monoisotopic (exact) mass is 348 g/mol. The molecule has 3 heterocycles. The van der Waals surface area contributed by atoms with Crippen LogP contribution in [0.25, 0.3) is 0 Å². The van der Waals surface area contributed by atoms with Gasteiger partial charge in [0.15, 0.2) is 9.84 Å². The van der Waals surface area contributed by atoms with Gasteiger partial charge in [0, 0.05) is 25.3 Å². The Balaban J connectivity index is 1.54. The summed E-state index contributed by atoms with van der Waals surface area (Å²) in [4.78, 5) is 18.6. The van der Waals surface area contributed by atoms with Crippen LogP contribution in [0.5, 0.6) is 0 Å². The second-order valence-electron chi connectivity index (χ2n) is 6.36. The standard InChI is InChI=1S/C16H20N4O3S/c17-10-12-2-1-6-18-15(12)20-7-3-14(4-8-20)19-16(21)13-5-9-24(22,23)11-13/h1-2,6,13-14H,3-5,7-9,11H2,(H,19,21). The van der Waals surface area contributed by atoms with Crippen LogP contribution in [-0.2, 0) is 14.6 Å². The normalized spacial score (nSPS) is 23.6. The van der Waals surface area contributed by atoms with Crippen LogP contribution in [0.2, 0.25) is 0 Å². The molecule has 2 saturated heterocycles. The highest BCUT2D eigenvalue weighted by Crippen LogP contribution is 2.23. The SMILES string of the molecule is N#Cc1cccnc1N1CCC(NC(=O)C2CCS(=O)(=O)C2)CC1. The molecular weight excluding hydrogens is 328 g/mol. The van der Waals surface area contributed by atoms with Crippen LogP contribution in [0.15, 0.2) is 18.3 Å². The number of sulfone groups is 1. The van der Waals surface area contributed by atoms with Crippen molar-refractivity contribution >= 4 is 21.6 Å². The fraction of sp³-hybridized carbons (Fsp3) is 0.562. The molecule has 3 rings (SSSR count). The Hall–Kier alpha value is -2.14. The molecule has 0 saturated carbocycles. The molecular formula is C16H20N4O3S. The lowest BCUT2D eigenvalue weighted by atomic mass is 10.0. The van der Waals surface area contributed by atoms with Crippen molar-refractivity contribution in [3.05, 3.63) is 23.9 Å². The summed E-state index contributed by atoms with van der Waals surface area (Å²) in [5.74, 6) is 0.211. The number of hydrogen-bond acceptors (Lipinski definition) is 6. The van der Waals surface area contributed by atoms with Gasteiger partial charge in [-0.25, -0.2) is 13.4 Å². The first kappa shape index (κ1) is 16.7. The fourth-order valence-electron chi connectivity index (χ4n) is 3.29. The third-order valence-electron chi connectivity index (χ3n) is 4.65. The number of nitrogens with one attached hydrogen (secondary N) is 1. The van der Waals surface area contributed by atoms with Crippen LogP contribution < -0.4 is 10.2 Å². The van der Waals surface area contributed by atoms with Crippen molar-refractivity contribution in [2.24, 2.45) is 5.92 Å². The summed E-state index contributed by atoms with van der Waals surface area (Å²) in [5.41, 5.74) is 0.552. The van der Waals surface area contributed by atoms with Crippen LogP contribution >= 0.6 is 0 Å². The molecule has 1 atom stereocenters. The quantitative estimate of drug-likeness (QED) is 0.852. The number of anilines is 1. The summed E-state index contributed by atoms with van der Waals surface area (Å²) in [6.07, 6.45) is 3.61. The van der Waals surface area contributed by atoms with Crippen LogP contribution in [0.3, 0.4) is 0 Å². The molecule has 1 unspecified atom stereocenters. The minimum atomic E-state index is -3.04. The first-order chi connectivity index (χ1) is 11.5. The van der Waals surface area contributed by atoms with E-state index >= 15 is 0 Å².